The van der Waals surface area contributed by atoms with E-state index in [1.807, 2.05) is 48.5 Å². The van der Waals surface area contributed by atoms with Gasteiger partial charge in [0.2, 0.25) is 5.91 Å². The van der Waals surface area contributed by atoms with Crippen molar-refractivity contribution in [1.82, 2.24) is 10.2 Å². The zero-order chi connectivity index (χ0) is 23.0. The van der Waals surface area contributed by atoms with E-state index in [9.17, 15) is 9.18 Å². The largest absolute Gasteiger partial charge is 0.496 e. The van der Waals surface area contributed by atoms with Gasteiger partial charge in [0.25, 0.3) is 0 Å². The second kappa shape index (κ2) is 11.1. The molecule has 1 heterocycles. The molecule has 1 N–H and O–H groups in total. The Hall–Kier alpha value is -3.18. The first-order valence-corrected chi connectivity index (χ1v) is 11.5. The zero-order valence-corrected chi connectivity index (χ0v) is 19.0. The fourth-order valence-electron chi connectivity index (χ4n) is 4.74. The first-order chi connectivity index (χ1) is 16.1. The van der Waals surface area contributed by atoms with E-state index in [2.05, 4.69) is 22.3 Å². The van der Waals surface area contributed by atoms with Gasteiger partial charge in [0.1, 0.15) is 11.6 Å². The number of hydrogen-bond donors (Lipinski definition) is 1. The predicted molar refractivity (Wildman–Crippen MR) is 129 cm³/mol. The Bertz CT molecular complexity index is 1060. The molecule has 0 bridgehead atoms. The van der Waals surface area contributed by atoms with E-state index in [-0.39, 0.29) is 23.6 Å². The predicted octanol–water partition coefficient (Wildman–Crippen LogP) is 4.80. The number of hydrogen-bond acceptors (Lipinski definition) is 3. The van der Waals surface area contributed by atoms with E-state index in [1.165, 1.54) is 11.6 Å². The first kappa shape index (κ1) is 23.0. The SMILES string of the molecule is COc1ccccc1CCNC(=O)C1CC(c2ccccc2)CN(Cc2cccc(F)c2)C1. The van der Waals surface area contributed by atoms with Crippen molar-refractivity contribution < 1.29 is 13.9 Å². The number of carbonyl (C=O) groups excluding carboxylic acids is 1. The molecule has 4 rings (SSSR count). The second-order valence-electron chi connectivity index (χ2n) is 8.72. The minimum absolute atomic E-state index is 0.0785. The minimum Gasteiger partial charge on any atom is -0.496 e. The van der Waals surface area contributed by atoms with Gasteiger partial charge in [-0.2, -0.15) is 0 Å². The van der Waals surface area contributed by atoms with Crippen LogP contribution < -0.4 is 10.1 Å². The fourth-order valence-corrected chi connectivity index (χ4v) is 4.74. The Morgan fingerprint density at radius 2 is 1.82 bits per heavy atom. The maximum absolute atomic E-state index is 13.7. The Kier molecular flexibility index (Phi) is 7.74. The third kappa shape index (κ3) is 6.20. The third-order valence-electron chi connectivity index (χ3n) is 6.35. The normalized spacial score (nSPS) is 18.6. The molecular weight excluding hydrogens is 415 g/mol. The van der Waals surface area contributed by atoms with Gasteiger partial charge in [-0.3, -0.25) is 9.69 Å². The van der Waals surface area contributed by atoms with Crippen molar-refractivity contribution in [3.8, 4) is 5.75 Å². The van der Waals surface area contributed by atoms with Gasteiger partial charge < -0.3 is 10.1 Å². The Balaban J connectivity index is 1.42. The number of carbonyl (C=O) groups is 1. The number of piperidine rings is 1. The summed E-state index contributed by atoms with van der Waals surface area (Å²) in [5.74, 6) is 0.841. The number of nitrogens with one attached hydrogen (secondary N) is 1. The molecule has 2 unspecified atom stereocenters. The summed E-state index contributed by atoms with van der Waals surface area (Å²) in [4.78, 5) is 15.4. The van der Waals surface area contributed by atoms with Gasteiger partial charge in [0.15, 0.2) is 0 Å². The molecule has 0 saturated carbocycles. The average molecular weight is 447 g/mol. The lowest BCUT2D eigenvalue weighted by molar-refractivity contribution is -0.127. The Morgan fingerprint density at radius 1 is 1.03 bits per heavy atom. The zero-order valence-electron chi connectivity index (χ0n) is 19.0. The van der Waals surface area contributed by atoms with Crippen LogP contribution in [-0.2, 0) is 17.8 Å². The van der Waals surface area contributed by atoms with Crippen molar-refractivity contribution in [3.05, 3.63) is 101 Å². The molecule has 1 amide bonds. The van der Waals surface area contributed by atoms with Gasteiger partial charge in [-0.05, 0) is 53.6 Å². The van der Waals surface area contributed by atoms with E-state index in [0.717, 1.165) is 36.3 Å². The molecule has 1 fully saturated rings. The van der Waals surface area contributed by atoms with Gasteiger partial charge in [0.05, 0.1) is 13.0 Å². The highest BCUT2D eigenvalue weighted by atomic mass is 19.1. The standard InChI is InChI=1S/C28H31FN2O2/c1-33-27-13-6-5-11-23(27)14-15-30-28(32)25-17-24(22-9-3-2-4-10-22)19-31(20-25)18-21-8-7-12-26(29)16-21/h2-13,16,24-25H,14-15,17-20H2,1H3,(H,30,32). The molecule has 2 atom stereocenters. The van der Waals surface area contributed by atoms with Gasteiger partial charge in [-0.1, -0.05) is 60.7 Å². The molecule has 0 aromatic heterocycles. The number of para-hydroxylation sites is 1. The van der Waals surface area contributed by atoms with Crippen molar-refractivity contribution in [1.29, 1.82) is 0 Å². The van der Waals surface area contributed by atoms with Crippen molar-refractivity contribution >= 4 is 5.91 Å². The van der Waals surface area contributed by atoms with Crippen molar-refractivity contribution in [2.45, 2.75) is 25.3 Å². The van der Waals surface area contributed by atoms with E-state index >= 15 is 0 Å². The monoisotopic (exact) mass is 446 g/mol. The van der Waals surface area contributed by atoms with Gasteiger partial charge in [-0.25, -0.2) is 4.39 Å². The van der Waals surface area contributed by atoms with Crippen LogP contribution in [0.4, 0.5) is 4.39 Å². The number of methoxy groups -OCH3 is 1. The molecule has 4 nitrogen and oxygen atoms in total. The maximum atomic E-state index is 13.7. The number of amides is 1. The molecule has 1 aliphatic rings. The topological polar surface area (TPSA) is 41.6 Å². The maximum Gasteiger partial charge on any atom is 0.224 e. The number of nitrogens with zero attached hydrogens (tertiary/aromatic N) is 1. The molecule has 3 aromatic rings. The summed E-state index contributed by atoms with van der Waals surface area (Å²) in [6, 6.07) is 25.0. The average Bonchev–Trinajstić information content (AvgIpc) is 2.84. The molecule has 1 aliphatic heterocycles. The Morgan fingerprint density at radius 3 is 2.61 bits per heavy atom. The summed E-state index contributed by atoms with van der Waals surface area (Å²) >= 11 is 0. The summed E-state index contributed by atoms with van der Waals surface area (Å²) < 4.78 is 19.1. The molecule has 3 aromatic carbocycles. The summed E-state index contributed by atoms with van der Waals surface area (Å²) in [6.45, 7) is 2.72. The Labute approximate surface area is 195 Å². The summed E-state index contributed by atoms with van der Waals surface area (Å²) in [5, 5.41) is 3.14. The van der Waals surface area contributed by atoms with Crippen LogP contribution in [0.5, 0.6) is 5.75 Å². The number of benzene rings is 3. The van der Waals surface area contributed by atoms with E-state index < -0.39 is 0 Å². The van der Waals surface area contributed by atoms with E-state index in [0.29, 0.717) is 19.6 Å². The van der Waals surface area contributed by atoms with Crippen LogP contribution in [-0.4, -0.2) is 37.6 Å². The number of likely N-dealkylation sites (tertiary alicyclic amines) is 1. The van der Waals surface area contributed by atoms with Crippen LogP contribution in [0.3, 0.4) is 0 Å². The van der Waals surface area contributed by atoms with Crippen molar-refractivity contribution in [2.24, 2.45) is 5.92 Å². The highest BCUT2D eigenvalue weighted by Gasteiger charge is 2.32. The minimum atomic E-state index is -0.227. The van der Waals surface area contributed by atoms with Crippen LogP contribution in [0.25, 0.3) is 0 Å². The lowest BCUT2D eigenvalue weighted by Crippen LogP contribution is -2.45. The molecule has 0 aliphatic carbocycles. The molecule has 33 heavy (non-hydrogen) atoms. The number of ether oxygens (including phenoxy) is 1. The van der Waals surface area contributed by atoms with E-state index in [1.54, 1.807) is 19.2 Å². The van der Waals surface area contributed by atoms with Crippen LogP contribution >= 0.6 is 0 Å². The first-order valence-electron chi connectivity index (χ1n) is 11.5. The second-order valence-corrected chi connectivity index (χ2v) is 8.72. The van der Waals surface area contributed by atoms with Crippen LogP contribution in [0, 0.1) is 11.7 Å². The quantitative estimate of drug-likeness (QED) is 0.541. The third-order valence-corrected chi connectivity index (χ3v) is 6.35. The summed E-state index contributed by atoms with van der Waals surface area (Å²) in [6.07, 6.45) is 1.53. The highest BCUT2D eigenvalue weighted by Crippen LogP contribution is 2.31. The molecule has 172 valence electrons. The molecule has 5 heteroatoms. The van der Waals surface area contributed by atoms with Gasteiger partial charge in [0, 0.05) is 26.2 Å². The summed E-state index contributed by atoms with van der Waals surface area (Å²) in [7, 11) is 1.66. The van der Waals surface area contributed by atoms with Crippen molar-refractivity contribution in [3.63, 3.8) is 0 Å². The molecule has 1 saturated heterocycles. The highest BCUT2D eigenvalue weighted by molar-refractivity contribution is 5.79. The fraction of sp³-hybridized carbons (Fsp3) is 0.321. The van der Waals surface area contributed by atoms with Gasteiger partial charge >= 0.3 is 0 Å². The molecular formula is C28H31FN2O2. The van der Waals surface area contributed by atoms with Gasteiger partial charge in [-0.15, -0.1) is 0 Å². The van der Waals surface area contributed by atoms with Crippen LogP contribution in [0.1, 0.15) is 29.0 Å². The van der Waals surface area contributed by atoms with Crippen molar-refractivity contribution in [2.75, 3.05) is 26.7 Å². The number of halogens is 1. The lowest BCUT2D eigenvalue weighted by atomic mass is 9.84. The molecule has 0 radical (unpaired) electrons. The molecule has 0 spiro atoms. The number of rotatable bonds is 8. The smallest absolute Gasteiger partial charge is 0.224 e. The van der Waals surface area contributed by atoms with Crippen LogP contribution in [0.15, 0.2) is 78.9 Å². The summed E-state index contributed by atoms with van der Waals surface area (Å²) in [5.41, 5.74) is 3.26. The van der Waals surface area contributed by atoms with Crippen LogP contribution in [0.2, 0.25) is 0 Å². The van der Waals surface area contributed by atoms with E-state index in [4.69, 9.17) is 4.74 Å². The lowest BCUT2D eigenvalue weighted by Gasteiger charge is -2.37.